The van der Waals surface area contributed by atoms with Crippen LogP contribution in [0.2, 0.25) is 0 Å². The molecule has 0 aromatic carbocycles. The lowest BCUT2D eigenvalue weighted by Crippen LogP contribution is -2.19. The van der Waals surface area contributed by atoms with Crippen LogP contribution in [0.1, 0.15) is 4.88 Å². The van der Waals surface area contributed by atoms with Crippen LogP contribution < -0.4 is 5.32 Å². The van der Waals surface area contributed by atoms with E-state index in [1.54, 1.807) is 24.0 Å². The Morgan fingerprint density at radius 1 is 1.50 bits per heavy atom. The van der Waals surface area contributed by atoms with Gasteiger partial charge in [0.25, 0.3) is 0 Å². The second-order valence-electron chi connectivity index (χ2n) is 2.91. The lowest BCUT2D eigenvalue weighted by molar-refractivity contribution is 0.555. The first-order valence-electron chi connectivity index (χ1n) is 4.50. The molecule has 0 fully saturated rings. The summed E-state index contributed by atoms with van der Waals surface area (Å²) in [6.07, 6.45) is 3.28. The third kappa shape index (κ3) is 2.65. The molecule has 0 aliphatic carbocycles. The van der Waals surface area contributed by atoms with E-state index in [1.807, 2.05) is 4.68 Å². The molecule has 0 bridgehead atoms. The number of thiophene rings is 1. The zero-order valence-electron chi connectivity index (χ0n) is 7.76. The number of hydrogen-bond acceptors (Lipinski definition) is 4. The Morgan fingerprint density at radius 2 is 2.50 bits per heavy atom. The van der Waals surface area contributed by atoms with Gasteiger partial charge in [0.15, 0.2) is 0 Å². The molecule has 5 heteroatoms. The van der Waals surface area contributed by atoms with Crippen molar-refractivity contribution >= 4 is 11.3 Å². The maximum Gasteiger partial charge on any atom is 0.137 e. The van der Waals surface area contributed by atoms with Gasteiger partial charge in [-0.15, -0.1) is 11.3 Å². The lowest BCUT2D eigenvalue weighted by Gasteiger charge is -2.02. The molecule has 0 unspecified atom stereocenters. The van der Waals surface area contributed by atoms with Crippen LogP contribution in [0.4, 0.5) is 0 Å². The van der Waals surface area contributed by atoms with Gasteiger partial charge in [-0.2, -0.15) is 5.10 Å². The molecule has 0 spiro atoms. The Balaban J connectivity index is 1.65. The Labute approximate surface area is 86.6 Å². The van der Waals surface area contributed by atoms with Gasteiger partial charge in [-0.25, -0.2) is 4.98 Å². The number of nitrogens with one attached hydrogen (secondary N) is 1. The summed E-state index contributed by atoms with van der Waals surface area (Å²) in [6, 6.07) is 4.20. The number of rotatable bonds is 5. The molecule has 1 N–H and O–H groups in total. The molecule has 2 heterocycles. The average Bonchev–Trinajstić information content (AvgIpc) is 2.86. The second-order valence-corrected chi connectivity index (χ2v) is 3.95. The molecular formula is C9H12N4S. The molecule has 0 atom stereocenters. The standard InChI is InChI=1S/C9H12N4S/c1-2-9(14-5-1)6-10-3-4-13-8-11-7-12-13/h1-2,5,7-8,10H,3-4,6H2. The fourth-order valence-electron chi connectivity index (χ4n) is 1.17. The normalized spacial score (nSPS) is 10.6. The topological polar surface area (TPSA) is 42.7 Å². The van der Waals surface area contributed by atoms with E-state index in [9.17, 15) is 0 Å². The zero-order chi connectivity index (χ0) is 9.64. The minimum Gasteiger partial charge on any atom is -0.310 e. The molecular weight excluding hydrogens is 196 g/mol. The van der Waals surface area contributed by atoms with Crippen LogP contribution in [-0.2, 0) is 13.1 Å². The van der Waals surface area contributed by atoms with Gasteiger partial charge in [0, 0.05) is 18.0 Å². The molecule has 2 rings (SSSR count). The van der Waals surface area contributed by atoms with Crippen LogP contribution in [-0.4, -0.2) is 21.3 Å². The summed E-state index contributed by atoms with van der Waals surface area (Å²) >= 11 is 1.77. The maximum absolute atomic E-state index is 4.02. The van der Waals surface area contributed by atoms with Crippen LogP contribution in [0.5, 0.6) is 0 Å². The fraction of sp³-hybridized carbons (Fsp3) is 0.333. The first-order valence-corrected chi connectivity index (χ1v) is 5.38. The highest BCUT2D eigenvalue weighted by atomic mass is 32.1. The molecule has 0 saturated carbocycles. The number of aromatic nitrogens is 3. The molecule has 2 aromatic rings. The van der Waals surface area contributed by atoms with Gasteiger partial charge < -0.3 is 5.32 Å². The summed E-state index contributed by atoms with van der Waals surface area (Å²) in [4.78, 5) is 5.24. The average molecular weight is 208 g/mol. The van der Waals surface area contributed by atoms with E-state index in [0.29, 0.717) is 0 Å². The van der Waals surface area contributed by atoms with Crippen molar-refractivity contribution in [2.24, 2.45) is 0 Å². The zero-order valence-corrected chi connectivity index (χ0v) is 8.57. The van der Waals surface area contributed by atoms with Crippen LogP contribution in [0.25, 0.3) is 0 Å². The third-order valence-electron chi connectivity index (χ3n) is 1.86. The van der Waals surface area contributed by atoms with E-state index >= 15 is 0 Å². The van der Waals surface area contributed by atoms with Crippen molar-refractivity contribution in [1.29, 1.82) is 0 Å². The minimum absolute atomic E-state index is 0.866. The highest BCUT2D eigenvalue weighted by molar-refractivity contribution is 7.09. The maximum atomic E-state index is 4.02. The molecule has 2 aromatic heterocycles. The second kappa shape index (κ2) is 4.88. The highest BCUT2D eigenvalue weighted by Crippen LogP contribution is 2.06. The number of hydrogen-bond donors (Lipinski definition) is 1. The monoisotopic (exact) mass is 208 g/mol. The summed E-state index contributed by atoms with van der Waals surface area (Å²) in [5, 5.41) is 9.46. The van der Waals surface area contributed by atoms with Crippen LogP contribution in [0.3, 0.4) is 0 Å². The fourth-order valence-corrected chi connectivity index (χ4v) is 1.84. The Morgan fingerprint density at radius 3 is 3.21 bits per heavy atom. The van der Waals surface area contributed by atoms with Crippen molar-refractivity contribution in [2.75, 3.05) is 6.54 Å². The van der Waals surface area contributed by atoms with E-state index in [4.69, 9.17) is 0 Å². The molecule has 0 saturated heterocycles. The number of nitrogens with zero attached hydrogens (tertiary/aromatic N) is 3. The summed E-state index contributed by atoms with van der Waals surface area (Å²) in [6.45, 7) is 2.72. The molecule has 0 aliphatic heterocycles. The van der Waals surface area contributed by atoms with Gasteiger partial charge in [0.1, 0.15) is 12.7 Å². The molecule has 0 amide bonds. The van der Waals surface area contributed by atoms with Crippen molar-refractivity contribution in [3.8, 4) is 0 Å². The lowest BCUT2D eigenvalue weighted by atomic mass is 10.4. The van der Waals surface area contributed by atoms with Crippen LogP contribution >= 0.6 is 11.3 Å². The first-order chi connectivity index (χ1) is 6.95. The Bertz CT molecular complexity index is 305. The van der Waals surface area contributed by atoms with E-state index in [2.05, 4.69) is 32.9 Å². The molecule has 14 heavy (non-hydrogen) atoms. The molecule has 0 radical (unpaired) electrons. The smallest absolute Gasteiger partial charge is 0.137 e. The molecule has 0 aliphatic rings. The quantitative estimate of drug-likeness (QED) is 0.749. The Hall–Kier alpha value is -1.20. The summed E-state index contributed by atoms with van der Waals surface area (Å²) in [7, 11) is 0. The van der Waals surface area contributed by atoms with Crippen molar-refractivity contribution in [1.82, 2.24) is 20.1 Å². The third-order valence-corrected chi connectivity index (χ3v) is 2.74. The summed E-state index contributed by atoms with van der Waals surface area (Å²) in [5.41, 5.74) is 0. The van der Waals surface area contributed by atoms with Crippen LogP contribution in [0, 0.1) is 0 Å². The van der Waals surface area contributed by atoms with Crippen molar-refractivity contribution in [3.05, 3.63) is 35.0 Å². The predicted molar refractivity (Wildman–Crippen MR) is 56.0 cm³/mol. The van der Waals surface area contributed by atoms with Gasteiger partial charge in [-0.1, -0.05) is 6.07 Å². The van der Waals surface area contributed by atoms with Gasteiger partial charge >= 0.3 is 0 Å². The van der Waals surface area contributed by atoms with E-state index in [0.717, 1.165) is 19.6 Å². The van der Waals surface area contributed by atoms with E-state index < -0.39 is 0 Å². The van der Waals surface area contributed by atoms with Crippen molar-refractivity contribution < 1.29 is 0 Å². The molecule has 74 valence electrons. The van der Waals surface area contributed by atoms with Crippen molar-refractivity contribution in [2.45, 2.75) is 13.1 Å². The summed E-state index contributed by atoms with van der Waals surface area (Å²) in [5.74, 6) is 0. The first kappa shape index (κ1) is 9.36. The molecule has 4 nitrogen and oxygen atoms in total. The van der Waals surface area contributed by atoms with Crippen LogP contribution in [0.15, 0.2) is 30.2 Å². The largest absolute Gasteiger partial charge is 0.310 e. The van der Waals surface area contributed by atoms with Gasteiger partial charge in [0.2, 0.25) is 0 Å². The minimum atomic E-state index is 0.866. The van der Waals surface area contributed by atoms with E-state index in [1.165, 1.54) is 4.88 Å². The van der Waals surface area contributed by atoms with Gasteiger partial charge in [-0.05, 0) is 11.4 Å². The van der Waals surface area contributed by atoms with Gasteiger partial charge in [0.05, 0.1) is 6.54 Å². The van der Waals surface area contributed by atoms with Crippen molar-refractivity contribution in [3.63, 3.8) is 0 Å². The Kier molecular flexibility index (Phi) is 3.26. The predicted octanol–water partition coefficient (Wildman–Crippen LogP) is 1.13. The van der Waals surface area contributed by atoms with E-state index in [-0.39, 0.29) is 0 Å². The van der Waals surface area contributed by atoms with Gasteiger partial charge in [-0.3, -0.25) is 4.68 Å². The highest BCUT2D eigenvalue weighted by Gasteiger charge is 1.93. The summed E-state index contributed by atoms with van der Waals surface area (Å²) < 4.78 is 1.82. The SMILES string of the molecule is c1csc(CNCCn2cncn2)c1.